The third kappa shape index (κ3) is 2000. The van der Waals surface area contributed by atoms with Crippen LogP contribution in [0, 0.1) is 0 Å². The zero-order valence-electron chi connectivity index (χ0n) is 11.3. The van der Waals surface area contributed by atoms with E-state index in [0.717, 1.165) is 27.7 Å². The van der Waals surface area contributed by atoms with Crippen LogP contribution in [0.1, 0.15) is 27.7 Å². The van der Waals surface area contributed by atoms with Crippen LogP contribution in [-0.2, 0) is 19.2 Å². The van der Waals surface area contributed by atoms with Crippen molar-refractivity contribution in [2.45, 2.75) is 27.7 Å². The van der Waals surface area contributed by atoms with E-state index >= 15 is 0 Å². The van der Waals surface area contributed by atoms with Gasteiger partial charge in [0.15, 0.2) is 0 Å². The molecular weight excluding hydrogens is 290 g/mol. The first-order valence-corrected chi connectivity index (χ1v) is 4.49. The van der Waals surface area contributed by atoms with Crippen LogP contribution in [0.3, 0.4) is 0 Å². The third-order valence-corrected chi connectivity index (χ3v) is 0. The molecule has 0 amide bonds. The van der Waals surface area contributed by atoms with E-state index in [1.165, 1.54) is 0 Å². The average molecular weight is 310 g/mol. The van der Waals surface area contributed by atoms with Crippen LogP contribution >= 0.6 is 0 Å². The number of hydrogen-bond donors (Lipinski definition) is 7. The van der Waals surface area contributed by atoms with Crippen molar-refractivity contribution >= 4 is 50.1 Å². The first-order chi connectivity index (χ1) is 8.66. The van der Waals surface area contributed by atoms with E-state index < -0.39 is 31.2 Å². The van der Waals surface area contributed by atoms with Gasteiger partial charge in [-0.25, -0.2) is 0 Å². The molecular formula is C8H20BLiO11. The van der Waals surface area contributed by atoms with Crippen LogP contribution in [0.15, 0.2) is 0 Å². The Morgan fingerprint density at radius 1 is 0.571 bits per heavy atom. The second-order valence-corrected chi connectivity index (χ2v) is 2.42. The molecule has 0 atom stereocenters. The van der Waals surface area contributed by atoms with Crippen molar-refractivity contribution in [3.63, 3.8) is 0 Å². The molecule has 13 heteroatoms. The van der Waals surface area contributed by atoms with Gasteiger partial charge < -0.3 is 35.5 Å². The Morgan fingerprint density at radius 2 is 0.571 bits per heavy atom. The molecule has 0 heterocycles. The first-order valence-electron chi connectivity index (χ1n) is 4.49. The van der Waals surface area contributed by atoms with E-state index in [4.69, 9.17) is 54.7 Å². The molecule has 0 aliphatic carbocycles. The second-order valence-electron chi connectivity index (χ2n) is 2.42. The second kappa shape index (κ2) is 31.0. The predicted molar refractivity (Wildman–Crippen MR) is 72.8 cm³/mol. The molecule has 7 N–H and O–H groups in total. The van der Waals surface area contributed by atoms with Crippen LogP contribution in [0.4, 0.5) is 0 Å². The summed E-state index contributed by atoms with van der Waals surface area (Å²) in [4.78, 5) is 36.0. The molecule has 122 valence electrons. The molecule has 0 rings (SSSR count). The molecule has 0 saturated heterocycles. The zero-order valence-corrected chi connectivity index (χ0v) is 11.3. The van der Waals surface area contributed by atoms with Gasteiger partial charge in [0.25, 0.3) is 23.9 Å². The SMILES string of the molecule is CC(=O)O.CC(=O)O.CC(=O)O.CC(=O)O.OB(O)O.[LiH]. The van der Waals surface area contributed by atoms with Crippen molar-refractivity contribution in [3.05, 3.63) is 0 Å². The monoisotopic (exact) mass is 310 g/mol. The number of hydrogen-bond acceptors (Lipinski definition) is 7. The van der Waals surface area contributed by atoms with Crippen LogP contribution < -0.4 is 0 Å². The van der Waals surface area contributed by atoms with E-state index in [9.17, 15) is 0 Å². The van der Waals surface area contributed by atoms with Crippen molar-refractivity contribution in [1.82, 2.24) is 0 Å². The summed E-state index contributed by atoms with van der Waals surface area (Å²) in [6.07, 6.45) is 0. The van der Waals surface area contributed by atoms with Gasteiger partial charge in [-0.05, 0) is 0 Å². The molecule has 0 bridgehead atoms. The van der Waals surface area contributed by atoms with Crippen LogP contribution in [0.2, 0.25) is 0 Å². The standard InChI is InChI=1S/4C2H4O2.BH3O3.Li.H/c4*1-2(3)4;2-1(3)4;;/h4*1H3,(H,3,4);2-4H;;. The maximum atomic E-state index is 9.00. The molecule has 0 spiro atoms. The van der Waals surface area contributed by atoms with Crippen molar-refractivity contribution in [2.24, 2.45) is 0 Å². The number of carbonyl (C=O) groups is 4. The van der Waals surface area contributed by atoms with Gasteiger partial charge in [-0.15, -0.1) is 0 Å². The van der Waals surface area contributed by atoms with E-state index in [0.29, 0.717) is 0 Å². The number of carboxylic acid groups (broad SMARTS) is 4. The summed E-state index contributed by atoms with van der Waals surface area (Å²) in [6.45, 7) is 4.33. The summed E-state index contributed by atoms with van der Waals surface area (Å²) < 4.78 is 0. The van der Waals surface area contributed by atoms with Gasteiger partial charge in [-0.2, -0.15) is 0 Å². The van der Waals surface area contributed by atoms with Crippen LogP contribution in [0.25, 0.3) is 0 Å². The molecule has 0 saturated carbocycles. The molecule has 11 nitrogen and oxygen atoms in total. The van der Waals surface area contributed by atoms with Gasteiger partial charge in [0.1, 0.15) is 0 Å². The van der Waals surface area contributed by atoms with Gasteiger partial charge in [-0.3, -0.25) is 19.2 Å². The molecule has 21 heavy (non-hydrogen) atoms. The fourth-order valence-corrected chi connectivity index (χ4v) is 0. The summed E-state index contributed by atoms with van der Waals surface area (Å²) in [5.74, 6) is -3.33. The normalized spacial score (nSPS) is 6.05. The van der Waals surface area contributed by atoms with Gasteiger partial charge in [0.05, 0.1) is 0 Å². The quantitative estimate of drug-likeness (QED) is 0.236. The van der Waals surface area contributed by atoms with Gasteiger partial charge in [0, 0.05) is 27.7 Å². The molecule has 0 aromatic carbocycles. The fourth-order valence-electron chi connectivity index (χ4n) is 0. The average Bonchev–Trinajstić information content (AvgIpc) is 1.94. The van der Waals surface area contributed by atoms with Crippen molar-refractivity contribution in [2.75, 3.05) is 0 Å². The summed E-state index contributed by atoms with van der Waals surface area (Å²) in [6, 6.07) is 0. The van der Waals surface area contributed by atoms with Crippen molar-refractivity contribution < 1.29 is 54.7 Å². The van der Waals surface area contributed by atoms with Crippen LogP contribution in [0.5, 0.6) is 0 Å². The minimum atomic E-state index is -2.17. The number of aliphatic carboxylic acids is 4. The maximum absolute atomic E-state index is 9.00. The Balaban J connectivity index is -0.0000000331. The topological polar surface area (TPSA) is 210 Å². The summed E-state index contributed by atoms with van der Waals surface area (Å²) in [5, 5.41) is 51.2. The van der Waals surface area contributed by atoms with Crippen molar-refractivity contribution in [3.8, 4) is 0 Å². The molecule has 0 aromatic rings. The van der Waals surface area contributed by atoms with E-state index in [1.807, 2.05) is 0 Å². The molecule has 0 aromatic heterocycles. The van der Waals surface area contributed by atoms with E-state index in [1.54, 1.807) is 0 Å². The molecule has 0 aliphatic heterocycles. The number of rotatable bonds is 0. The summed E-state index contributed by atoms with van der Waals surface area (Å²) in [5.41, 5.74) is 0. The fraction of sp³-hybridized carbons (Fsp3) is 0.500. The van der Waals surface area contributed by atoms with Gasteiger partial charge in [0.2, 0.25) is 0 Å². The van der Waals surface area contributed by atoms with E-state index in [2.05, 4.69) is 0 Å². The van der Waals surface area contributed by atoms with E-state index in [-0.39, 0.29) is 18.9 Å². The van der Waals surface area contributed by atoms with Crippen LogP contribution in [-0.4, -0.2) is 85.6 Å². The Bertz CT molecular complexity index is 202. The predicted octanol–water partition coefficient (Wildman–Crippen LogP) is -2.34. The van der Waals surface area contributed by atoms with Gasteiger partial charge >= 0.3 is 26.2 Å². The molecule has 0 radical (unpaired) electrons. The zero-order chi connectivity index (χ0) is 17.9. The Hall–Kier alpha value is -1.58. The van der Waals surface area contributed by atoms with Crippen molar-refractivity contribution in [1.29, 1.82) is 0 Å². The summed E-state index contributed by atoms with van der Waals surface area (Å²) in [7, 11) is -2.17. The molecule has 0 aliphatic rings. The molecule has 0 unspecified atom stereocenters. The summed E-state index contributed by atoms with van der Waals surface area (Å²) >= 11 is 0. The number of carboxylic acids is 4. The Kier molecular flexibility index (Phi) is 54.1. The third-order valence-electron chi connectivity index (χ3n) is 0. The minimum absolute atomic E-state index is 0. The van der Waals surface area contributed by atoms with Gasteiger partial charge in [-0.1, -0.05) is 0 Å². The Morgan fingerprint density at radius 3 is 0.571 bits per heavy atom. The first kappa shape index (κ1) is 36.6. The molecule has 0 fully saturated rings. The Labute approximate surface area is 133 Å².